The van der Waals surface area contributed by atoms with Gasteiger partial charge in [0.05, 0.1) is 32.4 Å². The van der Waals surface area contributed by atoms with E-state index < -0.39 is 0 Å². The highest BCUT2D eigenvalue weighted by Crippen LogP contribution is 2.21. The first kappa shape index (κ1) is 18.9. The molecular formula is C22H29ClN3+. The standard InChI is InChI=1S/C22H28ClN3/c1-22(2,3)20-10-8-18(9-11-20)16-24-26-14-12-25(13-15-26)17-19-6-4-5-7-21(19)23/h4-11,16H,12-15,17H2,1-3H3/p+1/b24-16-. The molecule has 1 aliphatic heterocycles. The van der Waals surface area contributed by atoms with Crippen molar-refractivity contribution >= 4 is 17.8 Å². The molecule has 1 heterocycles. The van der Waals surface area contributed by atoms with E-state index in [1.807, 2.05) is 18.3 Å². The largest absolute Gasteiger partial charge is 0.328 e. The maximum atomic E-state index is 6.28. The molecule has 2 aromatic rings. The number of piperazine rings is 1. The van der Waals surface area contributed by atoms with Crippen LogP contribution < -0.4 is 4.90 Å². The van der Waals surface area contributed by atoms with E-state index in [-0.39, 0.29) is 5.41 Å². The van der Waals surface area contributed by atoms with Crippen molar-refractivity contribution < 1.29 is 4.90 Å². The summed E-state index contributed by atoms with van der Waals surface area (Å²) in [5, 5.41) is 7.72. The summed E-state index contributed by atoms with van der Waals surface area (Å²) < 4.78 is 0. The second-order valence-electron chi connectivity index (χ2n) is 8.09. The van der Waals surface area contributed by atoms with Crippen molar-refractivity contribution in [2.24, 2.45) is 5.10 Å². The molecule has 0 unspecified atom stereocenters. The lowest BCUT2D eigenvalue weighted by molar-refractivity contribution is -0.918. The lowest BCUT2D eigenvalue weighted by Crippen LogP contribution is -3.13. The Morgan fingerprint density at radius 1 is 1.04 bits per heavy atom. The molecule has 0 aliphatic carbocycles. The van der Waals surface area contributed by atoms with E-state index >= 15 is 0 Å². The Hall–Kier alpha value is -1.84. The van der Waals surface area contributed by atoms with Crippen LogP contribution >= 0.6 is 11.6 Å². The Bertz CT molecular complexity index is 739. The first-order chi connectivity index (χ1) is 12.4. The Labute approximate surface area is 162 Å². The molecular weight excluding hydrogens is 342 g/mol. The fourth-order valence-corrected chi connectivity index (χ4v) is 3.43. The summed E-state index contributed by atoms with van der Waals surface area (Å²) in [5.41, 5.74) is 3.94. The second-order valence-corrected chi connectivity index (χ2v) is 8.50. The highest BCUT2D eigenvalue weighted by Gasteiger charge is 2.19. The van der Waals surface area contributed by atoms with Crippen LogP contribution in [0.15, 0.2) is 53.6 Å². The third-order valence-electron chi connectivity index (χ3n) is 4.99. The molecule has 1 saturated heterocycles. The maximum Gasteiger partial charge on any atom is 0.104 e. The van der Waals surface area contributed by atoms with Crippen molar-refractivity contribution in [1.82, 2.24) is 5.01 Å². The fraction of sp³-hybridized carbons (Fsp3) is 0.409. The van der Waals surface area contributed by atoms with Crippen LogP contribution in [0.1, 0.15) is 37.5 Å². The van der Waals surface area contributed by atoms with Crippen molar-refractivity contribution in [3.05, 3.63) is 70.2 Å². The van der Waals surface area contributed by atoms with E-state index in [1.54, 1.807) is 4.90 Å². The topological polar surface area (TPSA) is 20.0 Å². The smallest absolute Gasteiger partial charge is 0.104 e. The minimum atomic E-state index is 0.191. The maximum absolute atomic E-state index is 6.28. The van der Waals surface area contributed by atoms with Crippen LogP contribution in [-0.4, -0.2) is 37.4 Å². The van der Waals surface area contributed by atoms with Gasteiger partial charge in [0.25, 0.3) is 0 Å². The number of hydrogen-bond donors (Lipinski definition) is 1. The molecule has 0 bridgehead atoms. The SMILES string of the molecule is CC(C)(C)c1ccc(/C=N\N2CC[NH+](Cc3ccccc3Cl)CC2)cc1. The number of halogens is 1. The van der Waals surface area contributed by atoms with Crippen LogP contribution in [0.4, 0.5) is 0 Å². The van der Waals surface area contributed by atoms with Crippen molar-refractivity contribution in [2.45, 2.75) is 32.7 Å². The summed E-state index contributed by atoms with van der Waals surface area (Å²) in [7, 11) is 0. The lowest BCUT2D eigenvalue weighted by Gasteiger charge is -2.30. The van der Waals surface area contributed by atoms with Crippen LogP contribution in [-0.2, 0) is 12.0 Å². The summed E-state index contributed by atoms with van der Waals surface area (Å²) in [4.78, 5) is 1.57. The molecule has 4 heteroatoms. The number of benzene rings is 2. The van der Waals surface area contributed by atoms with Gasteiger partial charge in [-0.15, -0.1) is 0 Å². The Morgan fingerprint density at radius 3 is 2.31 bits per heavy atom. The first-order valence-electron chi connectivity index (χ1n) is 9.38. The van der Waals surface area contributed by atoms with Crippen molar-refractivity contribution in [3.63, 3.8) is 0 Å². The molecule has 0 atom stereocenters. The molecule has 0 saturated carbocycles. The van der Waals surface area contributed by atoms with Crippen molar-refractivity contribution in [1.29, 1.82) is 0 Å². The molecule has 1 N–H and O–H groups in total. The van der Waals surface area contributed by atoms with Crippen LogP contribution in [0.5, 0.6) is 0 Å². The highest BCUT2D eigenvalue weighted by molar-refractivity contribution is 6.31. The van der Waals surface area contributed by atoms with E-state index in [0.29, 0.717) is 0 Å². The van der Waals surface area contributed by atoms with E-state index in [0.717, 1.165) is 43.3 Å². The molecule has 0 amide bonds. The minimum Gasteiger partial charge on any atom is -0.328 e. The van der Waals surface area contributed by atoms with Gasteiger partial charge in [-0.25, -0.2) is 0 Å². The summed E-state index contributed by atoms with van der Waals surface area (Å²) in [6, 6.07) is 16.9. The number of nitrogens with one attached hydrogen (secondary N) is 1. The Balaban J connectivity index is 1.51. The highest BCUT2D eigenvalue weighted by atomic mass is 35.5. The molecule has 0 spiro atoms. The van der Waals surface area contributed by atoms with E-state index in [4.69, 9.17) is 11.6 Å². The first-order valence-corrected chi connectivity index (χ1v) is 9.76. The van der Waals surface area contributed by atoms with Crippen LogP contribution in [0, 0.1) is 0 Å². The number of hydrazone groups is 1. The monoisotopic (exact) mass is 370 g/mol. The molecule has 1 fully saturated rings. The van der Waals surface area contributed by atoms with Crippen molar-refractivity contribution in [3.8, 4) is 0 Å². The van der Waals surface area contributed by atoms with E-state index in [1.165, 1.54) is 11.1 Å². The molecule has 138 valence electrons. The zero-order chi connectivity index (χ0) is 18.6. The van der Waals surface area contributed by atoms with Gasteiger partial charge in [0.2, 0.25) is 0 Å². The van der Waals surface area contributed by atoms with Crippen LogP contribution in [0.25, 0.3) is 0 Å². The third-order valence-corrected chi connectivity index (χ3v) is 5.36. The number of rotatable bonds is 4. The molecule has 3 rings (SSSR count). The number of quaternary nitrogens is 1. The van der Waals surface area contributed by atoms with Crippen LogP contribution in [0.2, 0.25) is 5.02 Å². The predicted octanol–water partition coefficient (Wildman–Crippen LogP) is 3.37. The van der Waals surface area contributed by atoms with Gasteiger partial charge >= 0.3 is 0 Å². The summed E-state index contributed by atoms with van der Waals surface area (Å²) in [5.74, 6) is 0. The second kappa shape index (κ2) is 8.24. The van der Waals surface area contributed by atoms with Gasteiger partial charge in [-0.1, -0.05) is 74.8 Å². The molecule has 26 heavy (non-hydrogen) atoms. The molecule has 2 aromatic carbocycles. The summed E-state index contributed by atoms with van der Waals surface area (Å²) in [6.07, 6.45) is 1.98. The van der Waals surface area contributed by atoms with Gasteiger partial charge in [-0.05, 0) is 22.6 Å². The van der Waals surface area contributed by atoms with Gasteiger partial charge in [-0.3, -0.25) is 5.01 Å². The lowest BCUT2D eigenvalue weighted by atomic mass is 9.87. The third kappa shape index (κ3) is 5.09. The van der Waals surface area contributed by atoms with Gasteiger partial charge in [0.15, 0.2) is 0 Å². The average Bonchev–Trinajstić information content (AvgIpc) is 2.63. The fourth-order valence-electron chi connectivity index (χ4n) is 3.23. The normalized spacial score (nSPS) is 16.4. The number of nitrogens with zero attached hydrogens (tertiary/aromatic N) is 2. The number of hydrogen-bond acceptors (Lipinski definition) is 2. The van der Waals surface area contributed by atoms with Gasteiger partial charge < -0.3 is 4.90 Å². The molecule has 0 aromatic heterocycles. The van der Waals surface area contributed by atoms with Crippen molar-refractivity contribution in [2.75, 3.05) is 26.2 Å². The zero-order valence-corrected chi connectivity index (χ0v) is 16.8. The molecule has 0 radical (unpaired) electrons. The van der Waals surface area contributed by atoms with Gasteiger partial charge in [-0.2, -0.15) is 5.10 Å². The Kier molecular flexibility index (Phi) is 6.00. The molecule has 3 nitrogen and oxygen atoms in total. The van der Waals surface area contributed by atoms with Gasteiger partial charge in [0, 0.05) is 10.6 Å². The van der Waals surface area contributed by atoms with Crippen LogP contribution in [0.3, 0.4) is 0 Å². The Morgan fingerprint density at radius 2 is 1.69 bits per heavy atom. The minimum absolute atomic E-state index is 0.191. The summed E-state index contributed by atoms with van der Waals surface area (Å²) >= 11 is 6.28. The zero-order valence-electron chi connectivity index (χ0n) is 16.0. The quantitative estimate of drug-likeness (QED) is 0.818. The van der Waals surface area contributed by atoms with E-state index in [2.05, 4.69) is 67.3 Å². The van der Waals surface area contributed by atoms with Gasteiger partial charge in [0.1, 0.15) is 6.54 Å². The van der Waals surface area contributed by atoms with E-state index in [9.17, 15) is 0 Å². The predicted molar refractivity (Wildman–Crippen MR) is 110 cm³/mol. The summed E-state index contributed by atoms with van der Waals surface area (Å²) in [6.45, 7) is 11.8. The average molecular weight is 371 g/mol. The molecule has 1 aliphatic rings.